The van der Waals surface area contributed by atoms with Crippen molar-refractivity contribution in [3.8, 4) is 0 Å². The summed E-state index contributed by atoms with van der Waals surface area (Å²) in [5, 5.41) is 5.93. The number of nitrogens with zero attached hydrogens (tertiary/aromatic N) is 1. The van der Waals surface area contributed by atoms with Crippen molar-refractivity contribution >= 4 is 45.0 Å². The van der Waals surface area contributed by atoms with Gasteiger partial charge in [-0.15, -0.1) is 0 Å². The van der Waals surface area contributed by atoms with Crippen molar-refractivity contribution in [1.82, 2.24) is 4.98 Å². The fourth-order valence-electron chi connectivity index (χ4n) is 3.91. The second kappa shape index (κ2) is 5.53. The molecule has 0 N–H and O–H groups in total. The molecule has 4 aromatic rings. The molecule has 26 heavy (non-hydrogen) atoms. The molecule has 0 saturated carbocycles. The summed E-state index contributed by atoms with van der Waals surface area (Å²) in [5.41, 5.74) is 1.74. The fraction of sp³-hybridized carbons (Fsp3) is 0.227. The van der Waals surface area contributed by atoms with Crippen LogP contribution in [-0.4, -0.2) is 23.8 Å². The van der Waals surface area contributed by atoms with Crippen molar-refractivity contribution in [2.45, 2.75) is 32.5 Å². The third-order valence-electron chi connectivity index (χ3n) is 5.62. The predicted molar refractivity (Wildman–Crippen MR) is 108 cm³/mol. The average Bonchev–Trinajstić information content (AvgIpc) is 2.94. The first-order valence-electron chi connectivity index (χ1n) is 9.07. The van der Waals surface area contributed by atoms with Crippen molar-refractivity contribution in [2.24, 2.45) is 0 Å². The van der Waals surface area contributed by atoms with Crippen molar-refractivity contribution < 1.29 is 9.31 Å². The van der Waals surface area contributed by atoms with E-state index < -0.39 is 0 Å². The minimum atomic E-state index is -0.380. The molecule has 1 atom stereocenters. The SMILES string of the molecule is CC1OB(c2ccnc3c4ccccc4c4ccccc4c23)OC1(C)C. The van der Waals surface area contributed by atoms with Gasteiger partial charge in [0.2, 0.25) is 0 Å². The third kappa shape index (κ3) is 2.19. The summed E-state index contributed by atoms with van der Waals surface area (Å²) < 4.78 is 12.4. The van der Waals surface area contributed by atoms with E-state index >= 15 is 0 Å². The smallest absolute Gasteiger partial charge is 0.402 e. The second-order valence-electron chi connectivity index (χ2n) is 7.55. The zero-order chi connectivity index (χ0) is 17.9. The Bertz CT molecular complexity index is 1110. The van der Waals surface area contributed by atoms with Gasteiger partial charge in [-0.2, -0.15) is 0 Å². The Labute approximate surface area is 153 Å². The highest BCUT2D eigenvalue weighted by molar-refractivity contribution is 6.66. The summed E-state index contributed by atoms with van der Waals surface area (Å²) in [5.74, 6) is 0. The minimum Gasteiger partial charge on any atom is -0.402 e. The van der Waals surface area contributed by atoms with Crippen molar-refractivity contribution in [1.29, 1.82) is 0 Å². The van der Waals surface area contributed by atoms with Crippen LogP contribution in [0.3, 0.4) is 0 Å². The predicted octanol–water partition coefficient (Wildman–Crippen LogP) is 4.45. The lowest BCUT2D eigenvalue weighted by atomic mass is 9.75. The van der Waals surface area contributed by atoms with E-state index in [0.29, 0.717) is 0 Å². The number of fused-ring (bicyclic) bond motifs is 6. The van der Waals surface area contributed by atoms with Gasteiger partial charge in [-0.25, -0.2) is 0 Å². The maximum absolute atomic E-state index is 6.27. The van der Waals surface area contributed by atoms with Gasteiger partial charge < -0.3 is 9.31 Å². The van der Waals surface area contributed by atoms with Crippen LogP contribution in [0.1, 0.15) is 20.8 Å². The first kappa shape index (κ1) is 15.8. The van der Waals surface area contributed by atoms with Crippen LogP contribution in [0.25, 0.3) is 32.4 Å². The highest BCUT2D eigenvalue weighted by Crippen LogP contribution is 2.34. The Morgan fingerprint density at radius 1 is 0.885 bits per heavy atom. The molecule has 0 amide bonds. The van der Waals surface area contributed by atoms with E-state index in [-0.39, 0.29) is 18.8 Å². The van der Waals surface area contributed by atoms with Gasteiger partial charge in [-0.1, -0.05) is 48.5 Å². The molecule has 1 saturated heterocycles. The Hall–Kier alpha value is -2.43. The molecule has 0 radical (unpaired) electrons. The molecule has 3 aromatic carbocycles. The number of hydrogen-bond donors (Lipinski definition) is 0. The van der Waals surface area contributed by atoms with Gasteiger partial charge in [-0.3, -0.25) is 4.98 Å². The van der Waals surface area contributed by atoms with Crippen molar-refractivity contribution in [3.63, 3.8) is 0 Å². The number of pyridine rings is 1. The second-order valence-corrected chi connectivity index (χ2v) is 7.55. The molecule has 0 spiro atoms. The summed E-state index contributed by atoms with van der Waals surface area (Å²) in [6, 6.07) is 19.0. The highest BCUT2D eigenvalue weighted by Gasteiger charge is 2.44. The van der Waals surface area contributed by atoms with Crippen molar-refractivity contribution in [3.05, 3.63) is 60.8 Å². The molecule has 1 aliphatic rings. The Kier molecular flexibility index (Phi) is 3.36. The van der Waals surface area contributed by atoms with E-state index in [1.165, 1.54) is 16.2 Å². The van der Waals surface area contributed by atoms with Crippen LogP contribution in [0.2, 0.25) is 0 Å². The molecule has 5 rings (SSSR count). The molecule has 0 aliphatic carbocycles. The average molecular weight is 341 g/mol. The molecule has 128 valence electrons. The van der Waals surface area contributed by atoms with E-state index in [0.717, 1.165) is 21.8 Å². The van der Waals surface area contributed by atoms with E-state index in [1.54, 1.807) is 0 Å². The quantitative estimate of drug-likeness (QED) is 0.379. The first-order valence-corrected chi connectivity index (χ1v) is 9.07. The topological polar surface area (TPSA) is 31.4 Å². The van der Waals surface area contributed by atoms with E-state index in [4.69, 9.17) is 14.3 Å². The van der Waals surface area contributed by atoms with E-state index in [9.17, 15) is 0 Å². The Morgan fingerprint density at radius 3 is 2.15 bits per heavy atom. The van der Waals surface area contributed by atoms with Crippen LogP contribution in [0, 0.1) is 0 Å². The Balaban J connectivity index is 1.90. The zero-order valence-electron chi connectivity index (χ0n) is 15.2. The van der Waals surface area contributed by atoms with Crippen LogP contribution < -0.4 is 5.46 Å². The van der Waals surface area contributed by atoms with E-state index in [2.05, 4.69) is 69.3 Å². The van der Waals surface area contributed by atoms with Gasteiger partial charge in [0.1, 0.15) is 0 Å². The maximum atomic E-state index is 6.27. The standard InChI is InChI=1S/C22H20BNO2/c1-14-22(2,3)26-23(25-14)19-12-13-24-21-18-11-7-5-9-16(18)15-8-4-6-10-17(15)20(19)21/h4-14H,1-3H3. The summed E-state index contributed by atoms with van der Waals surface area (Å²) >= 11 is 0. The lowest BCUT2D eigenvalue weighted by Gasteiger charge is -2.21. The van der Waals surface area contributed by atoms with Crippen LogP contribution >= 0.6 is 0 Å². The lowest BCUT2D eigenvalue weighted by Crippen LogP contribution is -2.35. The summed E-state index contributed by atoms with van der Waals surface area (Å²) in [6.07, 6.45) is 1.89. The molecule has 2 heterocycles. The molecule has 1 unspecified atom stereocenters. The molecule has 0 bridgehead atoms. The zero-order valence-corrected chi connectivity index (χ0v) is 15.2. The largest absolute Gasteiger partial charge is 0.495 e. The molecule has 1 aliphatic heterocycles. The summed E-state index contributed by atoms with van der Waals surface area (Å²) in [4.78, 5) is 4.74. The third-order valence-corrected chi connectivity index (χ3v) is 5.62. The van der Waals surface area contributed by atoms with Crippen LogP contribution in [0.5, 0.6) is 0 Å². The van der Waals surface area contributed by atoms with Gasteiger partial charge in [0, 0.05) is 17.0 Å². The van der Waals surface area contributed by atoms with Crippen LogP contribution in [0.4, 0.5) is 0 Å². The van der Waals surface area contributed by atoms with E-state index in [1.807, 2.05) is 12.3 Å². The summed E-state index contributed by atoms with van der Waals surface area (Å²) in [6.45, 7) is 6.22. The number of aromatic nitrogens is 1. The first-order chi connectivity index (χ1) is 12.6. The van der Waals surface area contributed by atoms with Crippen molar-refractivity contribution in [2.75, 3.05) is 0 Å². The monoisotopic (exact) mass is 341 g/mol. The molecule has 1 fully saturated rings. The normalized spacial score (nSPS) is 19.7. The maximum Gasteiger partial charge on any atom is 0.495 e. The summed E-state index contributed by atoms with van der Waals surface area (Å²) in [7, 11) is -0.380. The van der Waals surface area contributed by atoms with Gasteiger partial charge in [-0.05, 0) is 48.5 Å². The lowest BCUT2D eigenvalue weighted by molar-refractivity contribution is 0.0842. The fourth-order valence-corrected chi connectivity index (χ4v) is 3.91. The van der Waals surface area contributed by atoms with Gasteiger partial charge in [0.15, 0.2) is 0 Å². The number of rotatable bonds is 1. The van der Waals surface area contributed by atoms with Crippen LogP contribution in [-0.2, 0) is 9.31 Å². The molecule has 4 heteroatoms. The van der Waals surface area contributed by atoms with Gasteiger partial charge >= 0.3 is 7.12 Å². The minimum absolute atomic E-state index is 0.0300. The molecule has 3 nitrogen and oxygen atoms in total. The number of benzene rings is 3. The van der Waals surface area contributed by atoms with Gasteiger partial charge in [0.05, 0.1) is 17.2 Å². The number of hydrogen-bond acceptors (Lipinski definition) is 3. The Morgan fingerprint density at radius 2 is 1.50 bits per heavy atom. The molecular formula is C22H20BNO2. The van der Waals surface area contributed by atoms with Crippen LogP contribution in [0.15, 0.2) is 60.8 Å². The molecule has 1 aromatic heterocycles. The molecular weight excluding hydrogens is 321 g/mol. The van der Waals surface area contributed by atoms with Gasteiger partial charge in [0.25, 0.3) is 0 Å². The highest BCUT2D eigenvalue weighted by atomic mass is 16.7.